The van der Waals surface area contributed by atoms with E-state index < -0.39 is 24.1 Å². The van der Waals surface area contributed by atoms with Crippen LogP contribution in [0.25, 0.3) is 21.2 Å². The van der Waals surface area contributed by atoms with E-state index in [0.29, 0.717) is 0 Å². The number of rotatable bonds is 5. The Morgan fingerprint density at radius 3 is 2.19 bits per heavy atom. The number of thiophene rings is 1. The summed E-state index contributed by atoms with van der Waals surface area (Å²) >= 11 is 1.58. The van der Waals surface area contributed by atoms with E-state index in [1.165, 1.54) is 12.0 Å². The molecule has 5 rings (SSSR count). The SMILES string of the molecule is COC(=O)N(C(Cc1csc2ccccc12)C(=O)O)C1c2ccccc2-c2ccccc21. The molecule has 1 aromatic heterocycles. The molecule has 0 saturated heterocycles. The second-order valence-electron chi connectivity index (χ2n) is 7.77. The van der Waals surface area contributed by atoms with Gasteiger partial charge in [0.05, 0.1) is 13.2 Å². The fraction of sp³-hybridized carbons (Fsp3) is 0.154. The van der Waals surface area contributed by atoms with Crippen LogP contribution in [0.2, 0.25) is 0 Å². The summed E-state index contributed by atoms with van der Waals surface area (Å²) in [7, 11) is 1.29. The molecule has 1 atom stereocenters. The summed E-state index contributed by atoms with van der Waals surface area (Å²) in [6.45, 7) is 0. The summed E-state index contributed by atoms with van der Waals surface area (Å²) in [5.41, 5.74) is 4.73. The largest absolute Gasteiger partial charge is 0.480 e. The van der Waals surface area contributed by atoms with Crippen LogP contribution in [0.15, 0.2) is 78.2 Å². The number of benzene rings is 3. The summed E-state index contributed by atoms with van der Waals surface area (Å²) in [6, 6.07) is 21.9. The molecule has 5 nitrogen and oxygen atoms in total. The Hall–Kier alpha value is -3.64. The Morgan fingerprint density at radius 2 is 1.56 bits per heavy atom. The molecule has 1 unspecified atom stereocenters. The van der Waals surface area contributed by atoms with Crippen molar-refractivity contribution in [3.8, 4) is 11.1 Å². The lowest BCUT2D eigenvalue weighted by Gasteiger charge is -2.34. The van der Waals surface area contributed by atoms with Gasteiger partial charge in [-0.1, -0.05) is 66.7 Å². The second kappa shape index (κ2) is 8.13. The molecule has 32 heavy (non-hydrogen) atoms. The Balaban J connectivity index is 1.64. The van der Waals surface area contributed by atoms with E-state index in [4.69, 9.17) is 4.74 Å². The van der Waals surface area contributed by atoms with Crippen LogP contribution in [0.1, 0.15) is 22.7 Å². The van der Waals surface area contributed by atoms with Crippen molar-refractivity contribution in [1.29, 1.82) is 0 Å². The lowest BCUT2D eigenvalue weighted by Crippen LogP contribution is -2.48. The maximum atomic E-state index is 13.1. The van der Waals surface area contributed by atoms with Crippen molar-refractivity contribution in [2.45, 2.75) is 18.5 Å². The van der Waals surface area contributed by atoms with E-state index in [0.717, 1.165) is 37.9 Å². The highest BCUT2D eigenvalue weighted by Crippen LogP contribution is 2.47. The van der Waals surface area contributed by atoms with Crippen LogP contribution in [0.3, 0.4) is 0 Å². The van der Waals surface area contributed by atoms with E-state index in [1.54, 1.807) is 11.3 Å². The average molecular weight is 444 g/mol. The molecule has 0 spiro atoms. The number of ether oxygens (including phenoxy) is 1. The Bertz CT molecular complexity index is 1280. The van der Waals surface area contributed by atoms with Gasteiger partial charge in [-0.2, -0.15) is 0 Å². The van der Waals surface area contributed by atoms with E-state index >= 15 is 0 Å². The number of fused-ring (bicyclic) bond motifs is 4. The first kappa shape index (κ1) is 20.3. The highest BCUT2D eigenvalue weighted by molar-refractivity contribution is 7.17. The van der Waals surface area contributed by atoms with Crippen LogP contribution in [-0.4, -0.2) is 35.2 Å². The first-order chi connectivity index (χ1) is 15.6. The zero-order valence-corrected chi connectivity index (χ0v) is 18.2. The van der Waals surface area contributed by atoms with Gasteiger partial charge in [-0.3, -0.25) is 4.90 Å². The van der Waals surface area contributed by atoms with Crippen LogP contribution in [-0.2, 0) is 16.0 Å². The number of hydrogen-bond acceptors (Lipinski definition) is 4. The van der Waals surface area contributed by atoms with Crippen molar-refractivity contribution >= 4 is 33.5 Å². The van der Waals surface area contributed by atoms with Crippen LogP contribution in [0.4, 0.5) is 4.79 Å². The number of aliphatic carboxylic acids is 1. The third-order valence-electron chi connectivity index (χ3n) is 6.06. The molecular formula is C26H21NO4S. The van der Waals surface area contributed by atoms with Crippen LogP contribution in [0.5, 0.6) is 0 Å². The number of hydrogen-bond donors (Lipinski definition) is 1. The minimum atomic E-state index is -1.09. The summed E-state index contributed by atoms with van der Waals surface area (Å²) in [5.74, 6) is -1.06. The Morgan fingerprint density at radius 1 is 0.969 bits per heavy atom. The molecule has 1 aliphatic rings. The topological polar surface area (TPSA) is 66.8 Å². The first-order valence-corrected chi connectivity index (χ1v) is 11.2. The highest BCUT2D eigenvalue weighted by atomic mass is 32.1. The van der Waals surface area contributed by atoms with Gasteiger partial charge < -0.3 is 9.84 Å². The van der Waals surface area contributed by atoms with E-state index in [-0.39, 0.29) is 6.42 Å². The molecule has 0 saturated carbocycles. The van der Waals surface area contributed by atoms with Gasteiger partial charge in [-0.05, 0) is 44.6 Å². The van der Waals surface area contributed by atoms with Crippen molar-refractivity contribution in [3.05, 3.63) is 94.9 Å². The molecule has 0 radical (unpaired) electrons. The first-order valence-electron chi connectivity index (χ1n) is 10.3. The molecule has 1 amide bonds. The lowest BCUT2D eigenvalue weighted by molar-refractivity contribution is -0.143. The van der Waals surface area contributed by atoms with Gasteiger partial charge in [0.15, 0.2) is 0 Å². The molecule has 3 aromatic carbocycles. The van der Waals surface area contributed by atoms with Crippen molar-refractivity contribution in [2.24, 2.45) is 0 Å². The number of carboxylic acid groups (broad SMARTS) is 1. The Labute approximate surface area is 189 Å². The molecule has 1 aliphatic carbocycles. The molecule has 4 aromatic rings. The number of nitrogens with zero attached hydrogens (tertiary/aromatic N) is 1. The molecule has 160 valence electrons. The van der Waals surface area contributed by atoms with Crippen LogP contribution < -0.4 is 0 Å². The van der Waals surface area contributed by atoms with Crippen molar-refractivity contribution < 1.29 is 19.4 Å². The monoisotopic (exact) mass is 443 g/mol. The van der Waals surface area contributed by atoms with Gasteiger partial charge in [0.2, 0.25) is 0 Å². The third-order valence-corrected chi connectivity index (χ3v) is 7.07. The number of carbonyl (C=O) groups is 2. The van der Waals surface area contributed by atoms with Gasteiger partial charge in [0, 0.05) is 11.1 Å². The zero-order chi connectivity index (χ0) is 22.2. The Kier molecular flexibility index (Phi) is 5.15. The molecule has 1 N–H and O–H groups in total. The summed E-state index contributed by atoms with van der Waals surface area (Å²) < 4.78 is 6.21. The fourth-order valence-electron chi connectivity index (χ4n) is 4.65. The minimum Gasteiger partial charge on any atom is -0.480 e. The van der Waals surface area contributed by atoms with Gasteiger partial charge >= 0.3 is 12.1 Å². The lowest BCUT2D eigenvalue weighted by atomic mass is 9.98. The van der Waals surface area contributed by atoms with Crippen LogP contribution >= 0.6 is 11.3 Å². The number of methoxy groups -OCH3 is 1. The maximum Gasteiger partial charge on any atom is 0.411 e. The van der Waals surface area contributed by atoms with Crippen molar-refractivity contribution in [2.75, 3.05) is 7.11 Å². The predicted molar refractivity (Wildman–Crippen MR) is 125 cm³/mol. The molecule has 1 heterocycles. The molecule has 0 aliphatic heterocycles. The highest BCUT2D eigenvalue weighted by Gasteiger charge is 2.42. The predicted octanol–water partition coefficient (Wildman–Crippen LogP) is 5.74. The fourth-order valence-corrected chi connectivity index (χ4v) is 5.63. The average Bonchev–Trinajstić information content (AvgIpc) is 3.38. The number of carboxylic acids is 1. The molecule has 0 fully saturated rings. The molecular weight excluding hydrogens is 422 g/mol. The quantitative estimate of drug-likeness (QED) is 0.427. The summed E-state index contributed by atoms with van der Waals surface area (Å²) in [6.07, 6.45) is -0.469. The second-order valence-corrected chi connectivity index (χ2v) is 8.68. The van der Waals surface area contributed by atoms with Crippen molar-refractivity contribution in [1.82, 2.24) is 4.90 Å². The third kappa shape index (κ3) is 3.24. The van der Waals surface area contributed by atoms with E-state index in [9.17, 15) is 14.7 Å². The maximum absolute atomic E-state index is 13.1. The molecule has 0 bridgehead atoms. The minimum absolute atomic E-state index is 0.190. The van der Waals surface area contributed by atoms with Gasteiger partial charge in [0.25, 0.3) is 0 Å². The summed E-state index contributed by atoms with van der Waals surface area (Å²) in [5, 5.41) is 13.3. The van der Waals surface area contributed by atoms with Crippen LogP contribution in [0, 0.1) is 0 Å². The standard InChI is InChI=1S/C26H21NO4S/c1-31-26(30)27(22(25(28)29)14-16-15-32-23-13-7-6-8-17(16)23)24-20-11-4-2-9-18(20)19-10-3-5-12-21(19)24/h2-13,15,22,24H,14H2,1H3,(H,28,29). The van der Waals surface area contributed by atoms with E-state index in [2.05, 4.69) is 0 Å². The van der Waals surface area contributed by atoms with Crippen molar-refractivity contribution in [3.63, 3.8) is 0 Å². The number of amides is 1. The smallest absolute Gasteiger partial charge is 0.411 e. The van der Waals surface area contributed by atoms with Gasteiger partial charge in [-0.15, -0.1) is 11.3 Å². The van der Waals surface area contributed by atoms with Gasteiger partial charge in [0.1, 0.15) is 6.04 Å². The molecule has 6 heteroatoms. The van der Waals surface area contributed by atoms with Gasteiger partial charge in [-0.25, -0.2) is 9.59 Å². The normalized spacial score (nSPS) is 13.4. The number of carbonyl (C=O) groups excluding carboxylic acids is 1. The summed E-state index contributed by atoms with van der Waals surface area (Å²) in [4.78, 5) is 27.0. The zero-order valence-electron chi connectivity index (χ0n) is 17.4. The van der Waals surface area contributed by atoms with E-state index in [1.807, 2.05) is 78.2 Å².